The average molecular weight is 384 g/mol. The van der Waals surface area contributed by atoms with E-state index in [9.17, 15) is 0 Å². The largest absolute Gasteiger partial charge is 0.291 e. The summed E-state index contributed by atoms with van der Waals surface area (Å²) in [7, 11) is 10.6. The van der Waals surface area contributed by atoms with Crippen LogP contribution in [0.2, 0.25) is 0 Å². The molecule has 1 saturated heterocycles. The second kappa shape index (κ2) is 8.12. The summed E-state index contributed by atoms with van der Waals surface area (Å²) in [6.45, 7) is 4.33. The van der Waals surface area contributed by atoms with Gasteiger partial charge in [0, 0.05) is 6.04 Å². The summed E-state index contributed by atoms with van der Waals surface area (Å²) in [5, 5.41) is 3.67. The van der Waals surface area contributed by atoms with E-state index in [0.29, 0.717) is 6.04 Å². The van der Waals surface area contributed by atoms with Crippen molar-refractivity contribution in [2.45, 2.75) is 24.8 Å². The molecule has 1 unspecified atom stereocenters. The van der Waals surface area contributed by atoms with Crippen LogP contribution in [0.3, 0.4) is 0 Å². The van der Waals surface area contributed by atoms with Crippen molar-refractivity contribution in [1.82, 2.24) is 5.32 Å². The number of hydrogen-bond donors (Lipinski definition) is 1. The van der Waals surface area contributed by atoms with Gasteiger partial charge in [-0.1, -0.05) is 42.5 Å². The fourth-order valence-corrected chi connectivity index (χ4v) is 15.2. The summed E-state index contributed by atoms with van der Waals surface area (Å²) in [6.07, 6.45) is 0. The van der Waals surface area contributed by atoms with E-state index in [1.165, 1.54) is 5.56 Å². The van der Waals surface area contributed by atoms with Crippen LogP contribution in [0, 0.1) is 0 Å². The van der Waals surface area contributed by atoms with Gasteiger partial charge in [-0.3, -0.25) is 5.32 Å². The Morgan fingerprint density at radius 1 is 1.05 bits per heavy atom. The molecule has 1 aromatic carbocycles. The maximum Gasteiger partial charge on any atom is 0.144 e. The second-order valence-corrected chi connectivity index (χ2v) is 14.2. The first kappa shape index (κ1) is 16.7. The van der Waals surface area contributed by atoms with Crippen LogP contribution in [0.15, 0.2) is 30.3 Å². The monoisotopic (exact) mass is 383 g/mol. The Hall–Kier alpha value is 1.37. The molecule has 1 N–H and O–H groups in total. The molecule has 0 saturated carbocycles. The van der Waals surface area contributed by atoms with E-state index in [4.69, 9.17) is 12.2 Å². The van der Waals surface area contributed by atoms with Crippen LogP contribution in [0.25, 0.3) is 0 Å². The lowest BCUT2D eigenvalue weighted by Crippen LogP contribution is -2.47. The Kier molecular flexibility index (Phi) is 7.15. The van der Waals surface area contributed by atoms with Crippen LogP contribution >= 0.6 is 73.1 Å². The predicted molar refractivity (Wildman–Crippen MR) is 105 cm³/mol. The molecule has 1 heterocycles. The third-order valence-electron chi connectivity index (χ3n) is 2.31. The normalized spacial score (nSPS) is 25.1. The highest BCUT2D eigenvalue weighted by Crippen LogP contribution is 2.62. The zero-order valence-electron chi connectivity index (χ0n) is 10.3. The smallest absolute Gasteiger partial charge is 0.144 e. The lowest BCUT2D eigenvalue weighted by Gasteiger charge is -2.36. The zero-order valence-corrected chi connectivity index (χ0v) is 16.0. The highest BCUT2D eigenvalue weighted by molar-refractivity contribution is 9.43. The fourth-order valence-electron chi connectivity index (χ4n) is 1.64. The third kappa shape index (κ3) is 4.42. The molecule has 0 bridgehead atoms. The minimum absolute atomic E-state index is 0.304. The topological polar surface area (TPSA) is 12.0 Å². The van der Waals surface area contributed by atoms with E-state index in [0.717, 1.165) is 4.20 Å². The first-order valence-corrected chi connectivity index (χ1v) is 13.4. The number of benzene rings is 1. The van der Waals surface area contributed by atoms with Gasteiger partial charge in [-0.05, 0) is 80.3 Å². The molecule has 0 spiro atoms. The quantitative estimate of drug-likeness (QED) is 0.486. The summed E-state index contributed by atoms with van der Waals surface area (Å²) in [4.78, 5) is -0.304. The van der Waals surface area contributed by atoms with Gasteiger partial charge in [0.05, 0.1) is 4.20 Å². The molecule has 2 rings (SSSR count). The molecule has 1 aliphatic rings. The average Bonchev–Trinajstić information content (AvgIpc) is 2.39. The molecule has 8 heteroatoms. The minimum atomic E-state index is -0.304. The molecular formula is C11H13NS7. The van der Waals surface area contributed by atoms with E-state index in [1.54, 1.807) is 60.9 Å². The van der Waals surface area contributed by atoms with Gasteiger partial charge in [0.1, 0.15) is 4.87 Å². The lowest BCUT2D eigenvalue weighted by molar-refractivity contribution is 0.533. The number of nitrogens with one attached hydrogen (secondary N) is 1. The van der Waals surface area contributed by atoms with E-state index in [2.05, 4.69) is 43.4 Å². The molecule has 1 fully saturated rings. The Morgan fingerprint density at radius 2 is 1.74 bits per heavy atom. The number of hydrogen-bond acceptors (Lipinski definition) is 8. The first-order chi connectivity index (χ1) is 9.15. The highest BCUT2D eigenvalue weighted by atomic mass is 33.9. The molecule has 104 valence electrons. The van der Waals surface area contributed by atoms with Crippen molar-refractivity contribution in [2.24, 2.45) is 0 Å². The van der Waals surface area contributed by atoms with Gasteiger partial charge in [0.2, 0.25) is 0 Å². The van der Waals surface area contributed by atoms with Gasteiger partial charge >= 0.3 is 0 Å². The molecule has 0 radical (unpaired) electrons. The Morgan fingerprint density at radius 3 is 2.42 bits per heavy atom. The van der Waals surface area contributed by atoms with Crippen LogP contribution in [-0.2, 0) is 4.87 Å². The van der Waals surface area contributed by atoms with E-state index in [1.807, 2.05) is 6.07 Å². The summed E-state index contributed by atoms with van der Waals surface area (Å²) in [6, 6.07) is 10.9. The van der Waals surface area contributed by atoms with Crippen LogP contribution in [0.1, 0.15) is 19.4 Å². The molecule has 19 heavy (non-hydrogen) atoms. The van der Waals surface area contributed by atoms with E-state index < -0.39 is 0 Å². The Bertz CT molecular complexity index is 424. The standard InChI is InChI=1S/C11H13NS7/c1-8(2)12-11(9-6-4-3-5-7-9)10(13)14-16-18-19-17-15-11/h3-8,12H,1-2H3. The van der Waals surface area contributed by atoms with Crippen molar-refractivity contribution in [1.29, 1.82) is 0 Å². The van der Waals surface area contributed by atoms with Crippen LogP contribution < -0.4 is 5.32 Å². The molecule has 0 amide bonds. The van der Waals surface area contributed by atoms with Gasteiger partial charge in [-0.15, -0.1) is 0 Å². The van der Waals surface area contributed by atoms with E-state index in [-0.39, 0.29) is 4.87 Å². The zero-order chi connectivity index (χ0) is 13.7. The Balaban J connectivity index is 2.39. The molecule has 0 aromatic heterocycles. The lowest BCUT2D eigenvalue weighted by atomic mass is 10.1. The van der Waals surface area contributed by atoms with E-state index >= 15 is 0 Å². The van der Waals surface area contributed by atoms with Crippen molar-refractivity contribution in [3.8, 4) is 0 Å². The molecular weight excluding hydrogens is 371 g/mol. The van der Waals surface area contributed by atoms with Crippen molar-refractivity contribution in [2.75, 3.05) is 0 Å². The highest BCUT2D eigenvalue weighted by Gasteiger charge is 2.40. The number of rotatable bonds is 3. The summed E-state index contributed by atoms with van der Waals surface area (Å²) in [5.41, 5.74) is 1.23. The van der Waals surface area contributed by atoms with Crippen molar-refractivity contribution < 1.29 is 0 Å². The first-order valence-electron chi connectivity index (χ1n) is 5.55. The summed E-state index contributed by atoms with van der Waals surface area (Å²) < 4.78 is 0.989. The molecule has 1 atom stereocenters. The second-order valence-electron chi connectivity index (χ2n) is 4.07. The SMILES string of the molecule is CC(C)NC1(c2ccccc2)SSSSSSC1=S. The van der Waals surface area contributed by atoms with Crippen LogP contribution in [-0.4, -0.2) is 10.2 Å². The fraction of sp³-hybridized carbons (Fsp3) is 0.364. The van der Waals surface area contributed by atoms with Gasteiger partial charge in [0.15, 0.2) is 0 Å². The number of thiocarbonyl (C=S) groups is 1. The van der Waals surface area contributed by atoms with Gasteiger partial charge in [-0.2, -0.15) is 0 Å². The molecule has 1 aliphatic heterocycles. The molecule has 0 aliphatic carbocycles. The van der Waals surface area contributed by atoms with Gasteiger partial charge < -0.3 is 0 Å². The molecule has 1 nitrogen and oxygen atoms in total. The maximum atomic E-state index is 5.71. The maximum absolute atomic E-state index is 5.71. The van der Waals surface area contributed by atoms with Crippen LogP contribution in [0.4, 0.5) is 0 Å². The van der Waals surface area contributed by atoms with Gasteiger partial charge in [0.25, 0.3) is 0 Å². The summed E-state index contributed by atoms with van der Waals surface area (Å²) >= 11 is 5.71. The van der Waals surface area contributed by atoms with Crippen molar-refractivity contribution >= 4 is 77.3 Å². The van der Waals surface area contributed by atoms with Crippen molar-refractivity contribution in [3.05, 3.63) is 35.9 Å². The minimum Gasteiger partial charge on any atom is -0.291 e. The third-order valence-corrected chi connectivity index (χ3v) is 14.4. The Labute approximate surface area is 142 Å². The molecule has 1 aromatic rings. The summed E-state index contributed by atoms with van der Waals surface area (Å²) in [5.74, 6) is 0. The van der Waals surface area contributed by atoms with Crippen molar-refractivity contribution in [3.63, 3.8) is 0 Å². The van der Waals surface area contributed by atoms with Crippen LogP contribution in [0.5, 0.6) is 0 Å². The predicted octanol–water partition coefficient (Wildman–Crippen LogP) is 6.15. The van der Waals surface area contributed by atoms with Gasteiger partial charge in [-0.25, -0.2) is 0 Å².